The standard InChI is InChI=1S/C18H26N2O3S/c1-23-10-9-20-15-5-2-7-18(15,8-6-17(20)22)13-19-16(21)12-14-4-3-11-24-14/h3-4,11,15H,2,5-10,12-13H2,1H3,(H,19,21)/t15-,18+/m1/s1. The maximum absolute atomic E-state index is 12.3. The largest absolute Gasteiger partial charge is 0.383 e. The molecule has 2 heterocycles. The van der Waals surface area contributed by atoms with Crippen molar-refractivity contribution < 1.29 is 14.3 Å². The Hall–Kier alpha value is -1.40. The molecule has 1 aromatic rings. The van der Waals surface area contributed by atoms with Crippen LogP contribution in [0.3, 0.4) is 0 Å². The molecule has 2 aliphatic rings. The lowest BCUT2D eigenvalue weighted by Gasteiger charge is -2.46. The lowest BCUT2D eigenvalue weighted by atomic mass is 9.74. The average Bonchev–Trinajstić information content (AvgIpc) is 3.22. The molecule has 0 aromatic carbocycles. The zero-order valence-electron chi connectivity index (χ0n) is 14.3. The van der Waals surface area contributed by atoms with Crippen LogP contribution in [0.15, 0.2) is 17.5 Å². The number of carbonyl (C=O) groups excluding carboxylic acids is 2. The van der Waals surface area contributed by atoms with Crippen LogP contribution in [-0.2, 0) is 20.7 Å². The van der Waals surface area contributed by atoms with E-state index >= 15 is 0 Å². The molecule has 1 N–H and O–H groups in total. The van der Waals surface area contributed by atoms with Gasteiger partial charge in [0.15, 0.2) is 0 Å². The molecule has 2 atom stereocenters. The first-order valence-electron chi connectivity index (χ1n) is 8.72. The van der Waals surface area contributed by atoms with Gasteiger partial charge in [0, 0.05) is 43.0 Å². The summed E-state index contributed by atoms with van der Waals surface area (Å²) in [4.78, 5) is 27.7. The van der Waals surface area contributed by atoms with E-state index in [0.29, 0.717) is 32.5 Å². The van der Waals surface area contributed by atoms with Gasteiger partial charge < -0.3 is 15.0 Å². The molecule has 3 rings (SSSR count). The predicted octanol–water partition coefficient (Wildman–Crippen LogP) is 2.21. The summed E-state index contributed by atoms with van der Waals surface area (Å²) in [6.07, 6.45) is 5.18. The molecular weight excluding hydrogens is 324 g/mol. The third kappa shape index (κ3) is 3.64. The number of thiophene rings is 1. The van der Waals surface area contributed by atoms with Crippen LogP contribution in [0.1, 0.15) is 37.0 Å². The van der Waals surface area contributed by atoms with E-state index < -0.39 is 0 Å². The summed E-state index contributed by atoms with van der Waals surface area (Å²) in [6, 6.07) is 4.21. The Morgan fingerprint density at radius 1 is 1.50 bits per heavy atom. The minimum Gasteiger partial charge on any atom is -0.383 e. The van der Waals surface area contributed by atoms with Crippen molar-refractivity contribution in [3.05, 3.63) is 22.4 Å². The number of likely N-dealkylation sites (tertiary alicyclic amines) is 1. The van der Waals surface area contributed by atoms with Crippen molar-refractivity contribution in [2.24, 2.45) is 5.41 Å². The molecule has 2 amide bonds. The minimum absolute atomic E-state index is 0.0484. The van der Waals surface area contributed by atoms with Gasteiger partial charge >= 0.3 is 0 Å². The number of methoxy groups -OCH3 is 1. The van der Waals surface area contributed by atoms with E-state index in [9.17, 15) is 9.59 Å². The van der Waals surface area contributed by atoms with Gasteiger partial charge in [0.05, 0.1) is 13.0 Å². The summed E-state index contributed by atoms with van der Waals surface area (Å²) >= 11 is 1.61. The molecule has 1 saturated carbocycles. The van der Waals surface area contributed by atoms with Crippen molar-refractivity contribution in [2.75, 3.05) is 26.8 Å². The highest BCUT2D eigenvalue weighted by atomic mass is 32.1. The molecule has 0 spiro atoms. The van der Waals surface area contributed by atoms with Crippen LogP contribution in [0.4, 0.5) is 0 Å². The molecule has 24 heavy (non-hydrogen) atoms. The van der Waals surface area contributed by atoms with Crippen LogP contribution in [0.5, 0.6) is 0 Å². The number of carbonyl (C=O) groups is 2. The summed E-state index contributed by atoms with van der Waals surface area (Å²) in [7, 11) is 1.67. The summed E-state index contributed by atoms with van der Waals surface area (Å²) < 4.78 is 5.17. The number of nitrogens with one attached hydrogen (secondary N) is 1. The maximum Gasteiger partial charge on any atom is 0.225 e. The topological polar surface area (TPSA) is 58.6 Å². The zero-order valence-corrected chi connectivity index (χ0v) is 15.1. The summed E-state index contributed by atoms with van der Waals surface area (Å²) in [5.41, 5.74) is 0.0484. The molecule has 6 heteroatoms. The van der Waals surface area contributed by atoms with Crippen LogP contribution in [0.2, 0.25) is 0 Å². The average molecular weight is 350 g/mol. The SMILES string of the molecule is COCCN1C(=O)CC[C@]2(CNC(=O)Cc3cccs3)CCC[C@@H]12. The quantitative estimate of drug-likeness (QED) is 0.820. The molecule has 2 fully saturated rings. The molecule has 1 aliphatic carbocycles. The van der Waals surface area contributed by atoms with Gasteiger partial charge in [-0.05, 0) is 30.7 Å². The van der Waals surface area contributed by atoms with E-state index in [1.807, 2.05) is 22.4 Å². The Morgan fingerprint density at radius 2 is 2.38 bits per heavy atom. The van der Waals surface area contributed by atoms with Gasteiger partial charge in [-0.2, -0.15) is 0 Å². The zero-order chi connectivity index (χ0) is 17.0. The number of fused-ring (bicyclic) bond motifs is 1. The number of piperidine rings is 1. The van der Waals surface area contributed by atoms with Crippen molar-refractivity contribution in [2.45, 2.75) is 44.6 Å². The fourth-order valence-corrected chi connectivity index (χ4v) is 4.95. The monoisotopic (exact) mass is 350 g/mol. The van der Waals surface area contributed by atoms with Crippen LogP contribution >= 0.6 is 11.3 Å². The Balaban J connectivity index is 1.62. The van der Waals surface area contributed by atoms with E-state index in [2.05, 4.69) is 5.32 Å². The lowest BCUT2D eigenvalue weighted by molar-refractivity contribution is -0.142. The van der Waals surface area contributed by atoms with E-state index in [1.165, 1.54) is 0 Å². The fourth-order valence-electron chi connectivity index (χ4n) is 4.24. The summed E-state index contributed by atoms with van der Waals surface area (Å²) in [5.74, 6) is 0.317. The second-order valence-corrected chi connectivity index (χ2v) is 7.92. The Morgan fingerprint density at radius 3 is 3.12 bits per heavy atom. The van der Waals surface area contributed by atoms with E-state index in [-0.39, 0.29) is 23.3 Å². The Labute approximate surface area is 147 Å². The molecule has 0 bridgehead atoms. The van der Waals surface area contributed by atoms with Gasteiger partial charge in [0.1, 0.15) is 0 Å². The molecule has 1 aliphatic heterocycles. The highest BCUT2D eigenvalue weighted by Gasteiger charge is 2.50. The highest BCUT2D eigenvalue weighted by molar-refractivity contribution is 7.10. The second kappa shape index (κ2) is 7.66. The van der Waals surface area contributed by atoms with Crippen molar-refractivity contribution in [1.82, 2.24) is 10.2 Å². The molecule has 0 unspecified atom stereocenters. The normalized spacial score (nSPS) is 26.5. The first-order chi connectivity index (χ1) is 11.6. The fraction of sp³-hybridized carbons (Fsp3) is 0.667. The van der Waals surface area contributed by atoms with Gasteiger partial charge in [-0.1, -0.05) is 12.5 Å². The van der Waals surface area contributed by atoms with Crippen LogP contribution in [0, 0.1) is 5.41 Å². The Bertz CT molecular complexity index is 575. The van der Waals surface area contributed by atoms with E-state index in [4.69, 9.17) is 4.74 Å². The number of ether oxygens (including phenoxy) is 1. The molecule has 132 valence electrons. The lowest BCUT2D eigenvalue weighted by Crippen LogP contribution is -2.56. The number of hydrogen-bond acceptors (Lipinski definition) is 4. The molecule has 0 radical (unpaired) electrons. The van der Waals surface area contributed by atoms with Gasteiger partial charge in [0.2, 0.25) is 11.8 Å². The van der Waals surface area contributed by atoms with Crippen LogP contribution in [0.25, 0.3) is 0 Å². The van der Waals surface area contributed by atoms with E-state index in [1.54, 1.807) is 18.4 Å². The van der Waals surface area contributed by atoms with Crippen molar-refractivity contribution in [3.63, 3.8) is 0 Å². The van der Waals surface area contributed by atoms with Crippen molar-refractivity contribution in [3.8, 4) is 0 Å². The maximum atomic E-state index is 12.3. The highest BCUT2D eigenvalue weighted by Crippen LogP contribution is 2.47. The van der Waals surface area contributed by atoms with Crippen molar-refractivity contribution >= 4 is 23.2 Å². The van der Waals surface area contributed by atoms with Crippen LogP contribution < -0.4 is 5.32 Å². The molecule has 1 saturated heterocycles. The van der Waals surface area contributed by atoms with Crippen LogP contribution in [-0.4, -0.2) is 49.6 Å². The summed E-state index contributed by atoms with van der Waals surface area (Å²) in [6.45, 7) is 1.91. The predicted molar refractivity (Wildman–Crippen MR) is 93.9 cm³/mol. The summed E-state index contributed by atoms with van der Waals surface area (Å²) in [5, 5.41) is 5.14. The Kier molecular flexibility index (Phi) is 5.56. The first kappa shape index (κ1) is 17.4. The smallest absolute Gasteiger partial charge is 0.225 e. The third-order valence-electron chi connectivity index (χ3n) is 5.48. The molecule has 5 nitrogen and oxygen atoms in total. The number of amides is 2. The number of rotatable bonds is 7. The third-order valence-corrected chi connectivity index (χ3v) is 6.36. The first-order valence-corrected chi connectivity index (χ1v) is 9.60. The number of nitrogens with zero attached hydrogens (tertiary/aromatic N) is 1. The molecule has 1 aromatic heterocycles. The van der Waals surface area contributed by atoms with Gasteiger partial charge in [-0.15, -0.1) is 11.3 Å². The minimum atomic E-state index is 0.0484. The van der Waals surface area contributed by atoms with Gasteiger partial charge in [0.25, 0.3) is 0 Å². The second-order valence-electron chi connectivity index (χ2n) is 6.88. The van der Waals surface area contributed by atoms with Gasteiger partial charge in [-0.3, -0.25) is 9.59 Å². The van der Waals surface area contributed by atoms with Crippen molar-refractivity contribution in [1.29, 1.82) is 0 Å². The molecular formula is C18H26N2O3S. The van der Waals surface area contributed by atoms with Gasteiger partial charge in [-0.25, -0.2) is 0 Å². The number of hydrogen-bond donors (Lipinski definition) is 1. The van der Waals surface area contributed by atoms with E-state index in [0.717, 1.165) is 30.6 Å².